The fourth-order valence-corrected chi connectivity index (χ4v) is 3.28. The summed E-state index contributed by atoms with van der Waals surface area (Å²) in [4.78, 5) is 22.8. The lowest BCUT2D eigenvalue weighted by atomic mass is 9.97. The van der Waals surface area contributed by atoms with E-state index in [1.54, 1.807) is 12.3 Å². The first-order chi connectivity index (χ1) is 13.2. The number of anilines is 1. The normalized spacial score (nSPS) is 13.7. The van der Waals surface area contributed by atoms with Crippen LogP contribution in [0.1, 0.15) is 48.2 Å². The Labute approximate surface area is 161 Å². The van der Waals surface area contributed by atoms with Crippen molar-refractivity contribution in [1.29, 1.82) is 0 Å². The molecule has 0 spiro atoms. The van der Waals surface area contributed by atoms with Gasteiger partial charge in [0.25, 0.3) is 5.91 Å². The maximum Gasteiger partial charge on any atom is 0.269 e. The molecule has 0 saturated heterocycles. The van der Waals surface area contributed by atoms with Crippen molar-refractivity contribution in [3.8, 4) is 0 Å². The first-order valence-electron chi connectivity index (χ1n) is 9.74. The fraction of sp³-hybridized carbons (Fsp3) is 0.409. The minimum Gasteiger partial charge on any atom is -0.373 e. The Bertz CT molecular complexity index is 756. The Hall–Kier alpha value is -2.69. The molecule has 0 unspecified atom stereocenters. The van der Waals surface area contributed by atoms with E-state index in [1.807, 2.05) is 37.6 Å². The summed E-state index contributed by atoms with van der Waals surface area (Å²) in [5.41, 5.74) is 4.21. The first kappa shape index (κ1) is 19.1. The van der Waals surface area contributed by atoms with Gasteiger partial charge >= 0.3 is 0 Å². The molecule has 0 bridgehead atoms. The summed E-state index contributed by atoms with van der Waals surface area (Å²) in [5.74, 6) is -0.0996. The van der Waals surface area contributed by atoms with Gasteiger partial charge in [0.1, 0.15) is 5.69 Å². The van der Waals surface area contributed by atoms with Crippen molar-refractivity contribution in [3.05, 3.63) is 65.8 Å². The Balaban J connectivity index is 1.45. The van der Waals surface area contributed by atoms with Crippen molar-refractivity contribution in [2.45, 2.75) is 38.5 Å². The fourth-order valence-electron chi connectivity index (χ4n) is 3.28. The number of amides is 1. The van der Waals surface area contributed by atoms with Gasteiger partial charge in [0.05, 0.1) is 11.9 Å². The van der Waals surface area contributed by atoms with Crippen molar-refractivity contribution in [2.24, 2.45) is 0 Å². The summed E-state index contributed by atoms with van der Waals surface area (Å²) < 4.78 is 0. The zero-order valence-corrected chi connectivity index (χ0v) is 16.0. The quantitative estimate of drug-likeness (QED) is 0.724. The third kappa shape index (κ3) is 5.91. The number of aromatic nitrogens is 2. The van der Waals surface area contributed by atoms with Crippen LogP contribution in [0, 0.1) is 0 Å². The molecule has 0 aromatic carbocycles. The molecule has 27 heavy (non-hydrogen) atoms. The number of allylic oxidation sites excluding steroid dienone is 1. The van der Waals surface area contributed by atoms with E-state index >= 15 is 0 Å². The van der Waals surface area contributed by atoms with E-state index in [4.69, 9.17) is 0 Å². The minimum atomic E-state index is -0.0996. The average Bonchev–Trinajstić information content (AvgIpc) is 2.73. The number of hydrogen-bond donors (Lipinski definition) is 1. The summed E-state index contributed by atoms with van der Waals surface area (Å²) >= 11 is 0. The molecule has 2 heterocycles. The van der Waals surface area contributed by atoms with Crippen molar-refractivity contribution < 1.29 is 4.79 Å². The van der Waals surface area contributed by atoms with Gasteiger partial charge in [0, 0.05) is 32.5 Å². The van der Waals surface area contributed by atoms with Crippen LogP contribution in [0.3, 0.4) is 0 Å². The summed E-state index contributed by atoms with van der Waals surface area (Å²) in [7, 11) is 2.04. The second-order valence-electron chi connectivity index (χ2n) is 7.04. The minimum absolute atomic E-state index is 0.0996. The number of likely N-dealkylation sites (N-methyl/N-ethyl adjacent to an activating group) is 1. The number of carbonyl (C=O) groups excluding carboxylic acids is 1. The lowest BCUT2D eigenvalue weighted by Crippen LogP contribution is -2.26. The predicted molar refractivity (Wildman–Crippen MR) is 109 cm³/mol. The van der Waals surface area contributed by atoms with Crippen LogP contribution < -0.4 is 10.2 Å². The molecule has 1 aliphatic rings. The molecule has 0 saturated carbocycles. The van der Waals surface area contributed by atoms with Gasteiger partial charge in [-0.25, -0.2) is 4.98 Å². The summed E-state index contributed by atoms with van der Waals surface area (Å²) in [6.07, 6.45) is 14.5. The van der Waals surface area contributed by atoms with E-state index in [0.29, 0.717) is 12.2 Å². The van der Waals surface area contributed by atoms with E-state index < -0.39 is 0 Å². The van der Waals surface area contributed by atoms with Crippen LogP contribution in [0.2, 0.25) is 0 Å². The van der Waals surface area contributed by atoms with Crippen LogP contribution >= 0.6 is 0 Å². The molecule has 0 aliphatic heterocycles. The lowest BCUT2D eigenvalue weighted by Gasteiger charge is -2.19. The second-order valence-corrected chi connectivity index (χ2v) is 7.04. The Morgan fingerprint density at radius 2 is 2.00 bits per heavy atom. The third-order valence-electron chi connectivity index (χ3n) is 5.02. The van der Waals surface area contributed by atoms with Crippen molar-refractivity contribution in [3.63, 3.8) is 0 Å². The zero-order valence-electron chi connectivity index (χ0n) is 16.0. The van der Waals surface area contributed by atoms with Crippen molar-refractivity contribution in [1.82, 2.24) is 15.3 Å². The lowest BCUT2D eigenvalue weighted by molar-refractivity contribution is 0.0949. The zero-order chi connectivity index (χ0) is 18.9. The second kappa shape index (κ2) is 9.86. The standard InChI is InChI=1S/C22H28N4O/c1-26(16-12-19-9-13-23-14-10-19)20-7-8-21(25-17-20)22(27)24-15-11-18-5-3-2-4-6-18/h5,7-10,13-14,17H,2-4,6,11-12,15-16H2,1H3,(H,24,27). The van der Waals surface area contributed by atoms with Gasteiger partial charge in [-0.15, -0.1) is 0 Å². The average molecular weight is 364 g/mol. The molecule has 3 rings (SSSR count). The monoisotopic (exact) mass is 364 g/mol. The van der Waals surface area contributed by atoms with Gasteiger partial charge in [0.2, 0.25) is 0 Å². The number of carbonyl (C=O) groups is 1. The maximum atomic E-state index is 12.3. The predicted octanol–water partition coefficient (Wildman–Crippen LogP) is 3.78. The number of nitrogens with zero attached hydrogens (tertiary/aromatic N) is 3. The van der Waals surface area contributed by atoms with Gasteiger partial charge in [-0.3, -0.25) is 9.78 Å². The van der Waals surface area contributed by atoms with Crippen LogP contribution in [0.4, 0.5) is 5.69 Å². The van der Waals surface area contributed by atoms with Crippen molar-refractivity contribution >= 4 is 11.6 Å². The number of hydrogen-bond acceptors (Lipinski definition) is 4. The van der Waals surface area contributed by atoms with Crippen LogP contribution in [0.15, 0.2) is 54.5 Å². The smallest absolute Gasteiger partial charge is 0.269 e. The van der Waals surface area contributed by atoms with Crippen molar-refractivity contribution in [2.75, 3.05) is 25.0 Å². The molecule has 5 nitrogen and oxygen atoms in total. The van der Waals surface area contributed by atoms with Crippen LogP contribution in [-0.2, 0) is 6.42 Å². The molecular formula is C22H28N4O. The highest BCUT2D eigenvalue weighted by molar-refractivity contribution is 5.92. The number of pyridine rings is 2. The Kier molecular flexibility index (Phi) is 6.97. The molecule has 1 N–H and O–H groups in total. The topological polar surface area (TPSA) is 58.1 Å². The van der Waals surface area contributed by atoms with Crippen LogP contribution in [0.5, 0.6) is 0 Å². The van der Waals surface area contributed by atoms with Gasteiger partial charge in [-0.2, -0.15) is 0 Å². The van der Waals surface area contributed by atoms with Gasteiger partial charge in [0.15, 0.2) is 0 Å². The molecule has 1 aliphatic carbocycles. The summed E-state index contributed by atoms with van der Waals surface area (Å²) in [6.45, 7) is 1.56. The molecule has 5 heteroatoms. The largest absolute Gasteiger partial charge is 0.373 e. The highest BCUT2D eigenvalue weighted by Gasteiger charge is 2.09. The molecule has 142 valence electrons. The van der Waals surface area contributed by atoms with Crippen LogP contribution in [0.25, 0.3) is 0 Å². The highest BCUT2D eigenvalue weighted by Crippen LogP contribution is 2.19. The van der Waals surface area contributed by atoms with Gasteiger partial charge in [-0.1, -0.05) is 11.6 Å². The number of rotatable bonds is 8. The molecular weight excluding hydrogens is 336 g/mol. The van der Waals surface area contributed by atoms with Gasteiger partial charge < -0.3 is 10.2 Å². The Morgan fingerprint density at radius 3 is 2.70 bits per heavy atom. The molecule has 2 aromatic rings. The van der Waals surface area contributed by atoms with E-state index in [2.05, 4.69) is 26.3 Å². The van der Waals surface area contributed by atoms with Crippen LogP contribution in [-0.4, -0.2) is 36.0 Å². The van der Waals surface area contributed by atoms with E-state index in [0.717, 1.165) is 25.1 Å². The SMILES string of the molecule is CN(CCc1ccncc1)c1ccc(C(=O)NCCC2=CCCCC2)nc1. The molecule has 0 radical (unpaired) electrons. The third-order valence-corrected chi connectivity index (χ3v) is 5.02. The number of nitrogens with one attached hydrogen (secondary N) is 1. The maximum absolute atomic E-state index is 12.3. The molecule has 2 aromatic heterocycles. The highest BCUT2D eigenvalue weighted by atomic mass is 16.1. The van der Waals surface area contributed by atoms with E-state index in [9.17, 15) is 4.79 Å². The molecule has 1 amide bonds. The van der Waals surface area contributed by atoms with E-state index in [1.165, 1.54) is 36.8 Å². The summed E-state index contributed by atoms with van der Waals surface area (Å²) in [6, 6.07) is 7.82. The van der Waals surface area contributed by atoms with Gasteiger partial charge in [-0.05, 0) is 68.4 Å². The molecule has 0 atom stereocenters. The summed E-state index contributed by atoms with van der Waals surface area (Å²) in [5, 5.41) is 2.98. The molecule has 0 fully saturated rings. The van der Waals surface area contributed by atoms with E-state index in [-0.39, 0.29) is 5.91 Å². The first-order valence-corrected chi connectivity index (χ1v) is 9.74. The Morgan fingerprint density at radius 1 is 1.15 bits per heavy atom.